The van der Waals surface area contributed by atoms with Crippen molar-refractivity contribution in [1.82, 2.24) is 20.2 Å². The van der Waals surface area contributed by atoms with Crippen LogP contribution in [0.1, 0.15) is 19.3 Å². The highest BCUT2D eigenvalue weighted by molar-refractivity contribution is 5.85. The van der Waals surface area contributed by atoms with Crippen LogP contribution in [0, 0.1) is 5.92 Å². The molecule has 26 heavy (non-hydrogen) atoms. The molecule has 2 saturated heterocycles. The average Bonchev–Trinajstić information content (AvgIpc) is 2.96. The van der Waals surface area contributed by atoms with Gasteiger partial charge >= 0.3 is 0 Å². The minimum Gasteiger partial charge on any atom is -0.349 e. The number of hydrogen-bond acceptors (Lipinski definition) is 6. The molecule has 2 fully saturated rings. The van der Waals surface area contributed by atoms with Crippen LogP contribution in [0.5, 0.6) is 0 Å². The summed E-state index contributed by atoms with van der Waals surface area (Å²) in [5.74, 6) is 2.20. The number of piperidine rings is 1. The average molecular weight is 387 g/mol. The first-order valence-corrected chi connectivity index (χ1v) is 9.33. The van der Waals surface area contributed by atoms with Gasteiger partial charge in [-0.1, -0.05) is 0 Å². The highest BCUT2D eigenvalue weighted by atomic mass is 35.5. The maximum absolute atomic E-state index is 14.2. The van der Waals surface area contributed by atoms with Crippen LogP contribution in [0.15, 0.2) is 12.3 Å². The second kappa shape index (κ2) is 9.67. The number of halogens is 2. The predicted octanol–water partition coefficient (Wildman–Crippen LogP) is 1.81. The summed E-state index contributed by atoms with van der Waals surface area (Å²) in [6, 6.07) is 2.06. The fourth-order valence-electron chi connectivity index (χ4n) is 3.98. The van der Waals surface area contributed by atoms with Crippen LogP contribution in [0.25, 0.3) is 0 Å². The third-order valence-electron chi connectivity index (χ3n) is 5.18. The summed E-state index contributed by atoms with van der Waals surface area (Å²) in [5.41, 5.74) is 0. The Balaban J connectivity index is 0.00000243. The van der Waals surface area contributed by atoms with Crippen LogP contribution in [0.3, 0.4) is 0 Å². The van der Waals surface area contributed by atoms with Gasteiger partial charge in [-0.2, -0.15) is 4.98 Å². The van der Waals surface area contributed by atoms with Gasteiger partial charge in [-0.15, -0.1) is 12.4 Å². The van der Waals surface area contributed by atoms with Crippen molar-refractivity contribution in [2.75, 3.05) is 63.7 Å². The van der Waals surface area contributed by atoms with E-state index in [4.69, 9.17) is 0 Å². The summed E-state index contributed by atoms with van der Waals surface area (Å²) in [6.07, 6.45) is 4.10. The van der Waals surface area contributed by atoms with E-state index in [1.165, 1.54) is 12.8 Å². The van der Waals surface area contributed by atoms with Gasteiger partial charge in [0.15, 0.2) is 0 Å². The van der Waals surface area contributed by atoms with Crippen LogP contribution in [-0.2, 0) is 0 Å². The molecule has 0 aliphatic carbocycles. The molecule has 0 saturated carbocycles. The molecule has 3 rings (SSSR count). The number of hydrogen-bond donors (Lipinski definition) is 1. The minimum atomic E-state index is -0.785. The van der Waals surface area contributed by atoms with Gasteiger partial charge < -0.3 is 20.0 Å². The molecule has 2 aliphatic rings. The first-order chi connectivity index (χ1) is 12.0. The zero-order valence-corrected chi connectivity index (χ0v) is 16.9. The van der Waals surface area contributed by atoms with E-state index in [9.17, 15) is 4.39 Å². The summed E-state index contributed by atoms with van der Waals surface area (Å²) in [5, 5.41) is 3.47. The molecule has 0 bridgehead atoms. The van der Waals surface area contributed by atoms with Crippen molar-refractivity contribution in [3.05, 3.63) is 12.3 Å². The topological polar surface area (TPSA) is 47.5 Å². The molecular weight excluding hydrogens is 355 g/mol. The Bertz CT molecular complexity index is 554. The van der Waals surface area contributed by atoms with Crippen molar-refractivity contribution in [3.63, 3.8) is 0 Å². The fourth-order valence-corrected chi connectivity index (χ4v) is 3.98. The fraction of sp³-hybridized carbons (Fsp3) is 0.778. The highest BCUT2D eigenvalue weighted by Gasteiger charge is 2.34. The van der Waals surface area contributed by atoms with Gasteiger partial charge in [0, 0.05) is 45.8 Å². The molecule has 8 heteroatoms. The van der Waals surface area contributed by atoms with Gasteiger partial charge in [0.05, 0.1) is 6.54 Å². The van der Waals surface area contributed by atoms with Gasteiger partial charge in [-0.05, 0) is 45.0 Å². The molecule has 0 aromatic carbocycles. The number of likely N-dealkylation sites (N-methyl/N-ethyl adjacent to an activating group) is 1. The molecule has 0 spiro atoms. The SMILES string of the molecule is CN(CC1CCCNC1)C[C@@H]1C[C@H](F)CN1c1ccnc(N(C)C)n1.Cl. The van der Waals surface area contributed by atoms with Crippen LogP contribution < -0.4 is 15.1 Å². The lowest BCUT2D eigenvalue weighted by molar-refractivity contribution is 0.229. The molecule has 148 valence electrons. The van der Waals surface area contributed by atoms with Crippen LogP contribution in [-0.4, -0.2) is 80.9 Å². The van der Waals surface area contributed by atoms with Gasteiger partial charge in [0.1, 0.15) is 12.0 Å². The van der Waals surface area contributed by atoms with Crippen molar-refractivity contribution in [1.29, 1.82) is 0 Å². The van der Waals surface area contributed by atoms with Crippen LogP contribution in [0.4, 0.5) is 16.2 Å². The van der Waals surface area contributed by atoms with Crippen LogP contribution >= 0.6 is 12.4 Å². The lowest BCUT2D eigenvalue weighted by Gasteiger charge is -2.32. The van der Waals surface area contributed by atoms with Crippen molar-refractivity contribution in [2.24, 2.45) is 5.92 Å². The van der Waals surface area contributed by atoms with E-state index >= 15 is 0 Å². The van der Waals surface area contributed by atoms with E-state index in [0.717, 1.165) is 32.0 Å². The second-order valence-corrected chi connectivity index (χ2v) is 7.68. The zero-order chi connectivity index (χ0) is 17.8. The Morgan fingerprint density at radius 2 is 2.12 bits per heavy atom. The molecule has 1 aromatic heterocycles. The number of alkyl halides is 1. The normalized spacial score (nSPS) is 26.0. The smallest absolute Gasteiger partial charge is 0.226 e. The van der Waals surface area contributed by atoms with Gasteiger partial charge in [-0.25, -0.2) is 9.37 Å². The van der Waals surface area contributed by atoms with Crippen molar-refractivity contribution in [3.8, 4) is 0 Å². The number of nitrogens with one attached hydrogen (secondary N) is 1. The van der Waals surface area contributed by atoms with Gasteiger partial charge in [0.25, 0.3) is 0 Å². The van der Waals surface area contributed by atoms with Crippen molar-refractivity contribution < 1.29 is 4.39 Å². The summed E-state index contributed by atoms with van der Waals surface area (Å²) < 4.78 is 14.2. The predicted molar refractivity (Wildman–Crippen MR) is 107 cm³/mol. The molecule has 6 nitrogen and oxygen atoms in total. The Morgan fingerprint density at radius 3 is 2.81 bits per heavy atom. The number of rotatable bonds is 6. The Kier molecular flexibility index (Phi) is 7.85. The Morgan fingerprint density at radius 1 is 1.31 bits per heavy atom. The molecular formula is C18H32ClFN6. The summed E-state index contributed by atoms with van der Waals surface area (Å²) in [7, 11) is 6.00. The maximum atomic E-state index is 14.2. The Labute approximate surface area is 162 Å². The van der Waals surface area contributed by atoms with E-state index in [2.05, 4.69) is 32.1 Å². The van der Waals surface area contributed by atoms with Crippen LogP contribution in [0.2, 0.25) is 0 Å². The zero-order valence-electron chi connectivity index (χ0n) is 16.1. The number of aromatic nitrogens is 2. The molecule has 3 atom stereocenters. The molecule has 2 aliphatic heterocycles. The van der Waals surface area contributed by atoms with Gasteiger partial charge in [-0.3, -0.25) is 0 Å². The third kappa shape index (κ3) is 5.41. The quantitative estimate of drug-likeness (QED) is 0.804. The largest absolute Gasteiger partial charge is 0.349 e. The van der Waals surface area contributed by atoms with Crippen molar-refractivity contribution >= 4 is 24.2 Å². The second-order valence-electron chi connectivity index (χ2n) is 7.68. The number of anilines is 2. The summed E-state index contributed by atoms with van der Waals surface area (Å²) in [4.78, 5) is 15.2. The van der Waals surface area contributed by atoms with E-state index in [-0.39, 0.29) is 18.4 Å². The highest BCUT2D eigenvalue weighted by Crippen LogP contribution is 2.27. The number of nitrogens with zero attached hydrogens (tertiary/aromatic N) is 5. The summed E-state index contributed by atoms with van der Waals surface area (Å²) in [6.45, 7) is 4.61. The van der Waals surface area contributed by atoms with E-state index in [1.54, 1.807) is 6.20 Å². The van der Waals surface area contributed by atoms with E-state index in [1.807, 2.05) is 25.1 Å². The third-order valence-corrected chi connectivity index (χ3v) is 5.18. The molecule has 3 heterocycles. The molecule has 1 N–H and O–H groups in total. The van der Waals surface area contributed by atoms with Crippen molar-refractivity contribution in [2.45, 2.75) is 31.5 Å². The monoisotopic (exact) mass is 386 g/mol. The van der Waals surface area contributed by atoms with E-state index < -0.39 is 6.17 Å². The lowest BCUT2D eigenvalue weighted by atomic mass is 9.99. The lowest BCUT2D eigenvalue weighted by Crippen LogP contribution is -2.43. The minimum absolute atomic E-state index is 0. The standard InChI is InChI=1S/C18H31FN6.ClH/c1-23(2)18-21-8-6-17(22-18)25-12-15(19)9-16(25)13-24(3)11-14-5-4-7-20-10-14;/h6,8,14-16,20H,4-5,7,9-13H2,1-3H3;1H/t14?,15-,16-;/m0./s1. The Hall–Kier alpha value is -1.18. The van der Waals surface area contributed by atoms with E-state index in [0.29, 0.717) is 24.8 Å². The molecule has 0 radical (unpaired) electrons. The van der Waals surface area contributed by atoms with Gasteiger partial charge in [0.2, 0.25) is 5.95 Å². The maximum Gasteiger partial charge on any atom is 0.226 e. The molecule has 0 amide bonds. The first-order valence-electron chi connectivity index (χ1n) is 9.33. The summed E-state index contributed by atoms with van der Waals surface area (Å²) >= 11 is 0. The first kappa shape index (κ1) is 21.1. The molecule has 1 unspecified atom stereocenters. The molecule has 1 aromatic rings.